The smallest absolute Gasteiger partial charge is 0.189 e. The zero-order valence-corrected chi connectivity index (χ0v) is 9.56. The zero-order chi connectivity index (χ0) is 12.3. The van der Waals surface area contributed by atoms with E-state index in [0.29, 0.717) is 5.69 Å². The third-order valence-corrected chi connectivity index (χ3v) is 3.20. The van der Waals surface area contributed by atoms with E-state index in [1.165, 1.54) is 12.1 Å². The van der Waals surface area contributed by atoms with Crippen LogP contribution in [0, 0.1) is 11.6 Å². The van der Waals surface area contributed by atoms with Crippen LogP contribution in [0.5, 0.6) is 0 Å². The molecule has 1 aromatic heterocycles. The number of aromatic amines is 1. The van der Waals surface area contributed by atoms with Crippen LogP contribution < -0.4 is 0 Å². The number of aromatic nitrogens is 1. The molecule has 2 rings (SSSR count). The van der Waals surface area contributed by atoms with Gasteiger partial charge >= 0.3 is 0 Å². The van der Waals surface area contributed by atoms with Crippen molar-refractivity contribution in [1.82, 2.24) is 4.98 Å². The minimum absolute atomic E-state index is 0.114. The number of thioether (sulfide) groups is 1. The Morgan fingerprint density at radius 1 is 1.29 bits per heavy atom. The molecule has 0 amide bonds. The molecule has 1 aromatic carbocycles. The second-order valence-electron chi connectivity index (χ2n) is 3.37. The number of H-pyrrole nitrogens is 1. The maximum atomic E-state index is 13.3. The number of Topliss-reactive ketones (excluding diaryl/α,β-unsaturated/α-hetero) is 1. The Bertz CT molecular complexity index is 525. The summed E-state index contributed by atoms with van der Waals surface area (Å²) in [5, 5.41) is 0. The summed E-state index contributed by atoms with van der Waals surface area (Å²) in [5.74, 6) is -1.27. The molecular weight excluding hydrogens is 244 g/mol. The highest BCUT2D eigenvalue weighted by Crippen LogP contribution is 2.22. The molecule has 1 heterocycles. The van der Waals surface area contributed by atoms with Crippen molar-refractivity contribution in [2.24, 2.45) is 0 Å². The second-order valence-corrected chi connectivity index (χ2v) is 4.39. The SMILES string of the molecule is O=C(CSc1ccc(F)cc1F)c1ccc[nH]1. The molecule has 0 fully saturated rings. The van der Waals surface area contributed by atoms with E-state index in [-0.39, 0.29) is 16.4 Å². The predicted octanol–water partition coefficient (Wildman–Crippen LogP) is 3.27. The number of carbonyl (C=O) groups excluding carboxylic acids is 1. The van der Waals surface area contributed by atoms with Gasteiger partial charge in [0.25, 0.3) is 0 Å². The fraction of sp³-hybridized carbons (Fsp3) is 0.0833. The van der Waals surface area contributed by atoms with E-state index in [9.17, 15) is 13.6 Å². The van der Waals surface area contributed by atoms with Gasteiger partial charge in [-0.3, -0.25) is 4.79 Å². The van der Waals surface area contributed by atoms with E-state index >= 15 is 0 Å². The van der Waals surface area contributed by atoms with E-state index < -0.39 is 11.6 Å². The molecular formula is C12H9F2NOS. The molecule has 2 nitrogen and oxygen atoms in total. The van der Waals surface area contributed by atoms with Crippen molar-refractivity contribution >= 4 is 17.5 Å². The summed E-state index contributed by atoms with van der Waals surface area (Å²) in [4.78, 5) is 14.7. The molecule has 1 N–H and O–H groups in total. The highest BCUT2D eigenvalue weighted by Gasteiger charge is 2.10. The molecule has 0 saturated carbocycles. The minimum Gasteiger partial charge on any atom is -0.359 e. The molecule has 2 aromatic rings. The summed E-state index contributed by atoms with van der Waals surface area (Å²) >= 11 is 1.05. The standard InChI is InChI=1S/C12H9F2NOS/c13-8-3-4-12(9(14)6-8)17-7-11(16)10-2-1-5-15-10/h1-6,15H,7H2. The fourth-order valence-electron chi connectivity index (χ4n) is 1.32. The highest BCUT2D eigenvalue weighted by molar-refractivity contribution is 8.00. The first-order valence-electron chi connectivity index (χ1n) is 4.91. The van der Waals surface area contributed by atoms with Crippen molar-refractivity contribution in [3.63, 3.8) is 0 Å². The molecule has 0 saturated heterocycles. The van der Waals surface area contributed by atoms with Crippen LogP contribution in [0.15, 0.2) is 41.4 Å². The molecule has 0 bridgehead atoms. The van der Waals surface area contributed by atoms with Gasteiger partial charge in [0.1, 0.15) is 11.6 Å². The van der Waals surface area contributed by atoms with E-state index in [1.807, 2.05) is 0 Å². The van der Waals surface area contributed by atoms with Crippen LogP contribution in [0.3, 0.4) is 0 Å². The maximum Gasteiger partial charge on any atom is 0.189 e. The number of carbonyl (C=O) groups is 1. The Labute approximate surface area is 101 Å². The maximum absolute atomic E-state index is 13.3. The van der Waals surface area contributed by atoms with E-state index in [2.05, 4.69) is 4.98 Å². The summed E-state index contributed by atoms with van der Waals surface area (Å²) in [7, 11) is 0. The van der Waals surface area contributed by atoms with E-state index in [4.69, 9.17) is 0 Å². The lowest BCUT2D eigenvalue weighted by molar-refractivity contribution is 0.101. The van der Waals surface area contributed by atoms with Crippen LogP contribution in [0.2, 0.25) is 0 Å². The first-order valence-corrected chi connectivity index (χ1v) is 5.90. The van der Waals surface area contributed by atoms with Gasteiger partial charge in [0.15, 0.2) is 5.78 Å². The molecule has 0 unspecified atom stereocenters. The van der Waals surface area contributed by atoms with E-state index in [1.54, 1.807) is 18.3 Å². The lowest BCUT2D eigenvalue weighted by atomic mass is 10.3. The minimum atomic E-state index is -0.644. The first kappa shape index (κ1) is 11.9. The summed E-state index contributed by atoms with van der Waals surface area (Å²) in [6, 6.07) is 6.68. The third-order valence-electron chi connectivity index (χ3n) is 2.15. The van der Waals surface area contributed by atoms with Crippen molar-refractivity contribution in [2.75, 3.05) is 5.75 Å². The Kier molecular flexibility index (Phi) is 3.58. The average molecular weight is 253 g/mol. The highest BCUT2D eigenvalue weighted by atomic mass is 32.2. The molecule has 0 aliphatic carbocycles. The number of halogens is 2. The molecule has 0 aliphatic heterocycles. The molecule has 88 valence electrons. The van der Waals surface area contributed by atoms with Gasteiger partial charge in [-0.2, -0.15) is 0 Å². The molecule has 0 atom stereocenters. The number of rotatable bonds is 4. The lowest BCUT2D eigenvalue weighted by Gasteiger charge is -2.02. The summed E-state index contributed by atoms with van der Waals surface area (Å²) in [6.45, 7) is 0. The third kappa shape index (κ3) is 2.94. The second kappa shape index (κ2) is 5.14. The Hall–Kier alpha value is -1.62. The molecule has 0 radical (unpaired) electrons. The summed E-state index contributed by atoms with van der Waals surface area (Å²) in [6.07, 6.45) is 1.65. The topological polar surface area (TPSA) is 32.9 Å². The van der Waals surface area contributed by atoms with E-state index in [0.717, 1.165) is 17.8 Å². The first-order chi connectivity index (χ1) is 8.16. The quantitative estimate of drug-likeness (QED) is 0.670. The molecule has 5 heteroatoms. The van der Waals surface area contributed by atoms with Gasteiger partial charge in [-0.15, -0.1) is 11.8 Å². The van der Waals surface area contributed by atoms with Gasteiger partial charge in [-0.25, -0.2) is 8.78 Å². The number of benzene rings is 1. The van der Waals surface area contributed by atoms with Gasteiger partial charge in [0.05, 0.1) is 11.4 Å². The largest absolute Gasteiger partial charge is 0.359 e. The molecule has 17 heavy (non-hydrogen) atoms. The zero-order valence-electron chi connectivity index (χ0n) is 8.74. The van der Waals surface area contributed by atoms with Crippen LogP contribution in [-0.4, -0.2) is 16.5 Å². The van der Waals surface area contributed by atoms with Crippen molar-refractivity contribution in [2.45, 2.75) is 4.90 Å². The van der Waals surface area contributed by atoms with Crippen LogP contribution in [0.4, 0.5) is 8.78 Å². The van der Waals surface area contributed by atoms with Gasteiger partial charge < -0.3 is 4.98 Å². The number of ketones is 1. The average Bonchev–Trinajstić information content (AvgIpc) is 2.81. The van der Waals surface area contributed by atoms with Crippen molar-refractivity contribution in [3.05, 3.63) is 53.9 Å². The summed E-state index contributed by atoms with van der Waals surface area (Å²) in [5.41, 5.74) is 0.486. The Balaban J connectivity index is 2.01. The van der Waals surface area contributed by atoms with Crippen LogP contribution >= 0.6 is 11.8 Å². The van der Waals surface area contributed by atoms with Gasteiger partial charge in [0, 0.05) is 17.2 Å². The Morgan fingerprint density at radius 2 is 2.12 bits per heavy atom. The van der Waals surface area contributed by atoms with Gasteiger partial charge in [-0.05, 0) is 24.3 Å². The van der Waals surface area contributed by atoms with Crippen LogP contribution in [0.1, 0.15) is 10.5 Å². The lowest BCUT2D eigenvalue weighted by Crippen LogP contribution is -2.02. The van der Waals surface area contributed by atoms with Crippen LogP contribution in [0.25, 0.3) is 0 Å². The normalized spacial score (nSPS) is 10.5. The fourth-order valence-corrected chi connectivity index (χ4v) is 2.12. The summed E-state index contributed by atoms with van der Waals surface area (Å²) < 4.78 is 25.9. The van der Waals surface area contributed by atoms with Crippen molar-refractivity contribution < 1.29 is 13.6 Å². The molecule has 0 spiro atoms. The number of hydrogen-bond donors (Lipinski definition) is 1. The number of hydrogen-bond acceptors (Lipinski definition) is 2. The molecule has 0 aliphatic rings. The predicted molar refractivity (Wildman–Crippen MR) is 62.2 cm³/mol. The monoisotopic (exact) mass is 253 g/mol. The van der Waals surface area contributed by atoms with Crippen LogP contribution in [-0.2, 0) is 0 Å². The number of nitrogens with one attached hydrogen (secondary N) is 1. The van der Waals surface area contributed by atoms with Gasteiger partial charge in [0.2, 0.25) is 0 Å². The van der Waals surface area contributed by atoms with Crippen molar-refractivity contribution in [3.8, 4) is 0 Å². The van der Waals surface area contributed by atoms with Gasteiger partial charge in [-0.1, -0.05) is 0 Å². The Morgan fingerprint density at radius 3 is 2.76 bits per heavy atom. The van der Waals surface area contributed by atoms with Crippen molar-refractivity contribution in [1.29, 1.82) is 0 Å².